The van der Waals surface area contributed by atoms with Crippen LogP contribution in [-0.4, -0.2) is 17.8 Å². The summed E-state index contributed by atoms with van der Waals surface area (Å²) >= 11 is 1.47. The highest BCUT2D eigenvalue weighted by molar-refractivity contribution is 8.00. The van der Waals surface area contributed by atoms with Crippen molar-refractivity contribution < 1.29 is 4.79 Å². The Hall–Kier alpha value is -0.440. The molecule has 0 radical (unpaired) electrons. The molecule has 0 aromatic heterocycles. The smallest absolute Gasteiger partial charge is 0.129 e. The second-order valence-electron chi connectivity index (χ2n) is 1.34. The van der Waals surface area contributed by atoms with E-state index in [-0.39, 0.29) is 0 Å². The van der Waals surface area contributed by atoms with Crippen molar-refractivity contribution in [2.45, 2.75) is 0 Å². The fourth-order valence-corrected chi connectivity index (χ4v) is 0.714. The van der Waals surface area contributed by atoms with Gasteiger partial charge in [-0.3, -0.25) is 0 Å². The minimum absolute atomic E-state index is 0.510. The molecule has 0 amide bonds. The van der Waals surface area contributed by atoms with Gasteiger partial charge < -0.3 is 10.5 Å². The molecule has 0 spiro atoms. The fourth-order valence-electron chi connectivity index (χ4n) is 0.238. The molecule has 0 aliphatic heterocycles. The average molecular weight is 131 g/mol. The number of aldehydes is 1. The van der Waals surface area contributed by atoms with Crippen LogP contribution in [0.5, 0.6) is 0 Å². The van der Waals surface area contributed by atoms with Crippen molar-refractivity contribution in [1.29, 1.82) is 0 Å². The van der Waals surface area contributed by atoms with Gasteiger partial charge in [0, 0.05) is 17.2 Å². The van der Waals surface area contributed by atoms with Gasteiger partial charge in [-0.05, 0) is 0 Å². The van der Waals surface area contributed by atoms with E-state index in [1.54, 1.807) is 0 Å². The van der Waals surface area contributed by atoms with Crippen LogP contribution in [0.1, 0.15) is 0 Å². The molecule has 0 unspecified atom stereocenters. The van der Waals surface area contributed by atoms with Crippen LogP contribution in [-0.2, 0) is 4.79 Å². The Morgan fingerprint density at radius 2 is 2.50 bits per heavy atom. The maximum atomic E-state index is 9.70. The summed E-state index contributed by atoms with van der Waals surface area (Å²) in [6, 6.07) is 0. The zero-order chi connectivity index (χ0) is 6.41. The van der Waals surface area contributed by atoms with E-state index in [9.17, 15) is 4.79 Å². The van der Waals surface area contributed by atoms with E-state index in [0.717, 1.165) is 6.29 Å². The number of nitrogens with two attached hydrogens (primary N) is 1. The summed E-state index contributed by atoms with van der Waals surface area (Å²) < 4.78 is 0. The Morgan fingerprint density at radius 1 is 1.88 bits per heavy atom. The first-order chi connectivity index (χ1) is 3.77. The number of rotatable bonds is 4. The minimum atomic E-state index is 0.510. The van der Waals surface area contributed by atoms with Gasteiger partial charge in [-0.25, -0.2) is 0 Å². The molecule has 3 heteroatoms. The molecule has 0 aromatic rings. The van der Waals surface area contributed by atoms with E-state index in [1.165, 1.54) is 11.8 Å². The van der Waals surface area contributed by atoms with Crippen molar-refractivity contribution in [2.24, 2.45) is 5.73 Å². The van der Waals surface area contributed by atoms with Crippen LogP contribution in [0.15, 0.2) is 12.3 Å². The molecule has 0 aromatic carbocycles. The summed E-state index contributed by atoms with van der Waals surface area (Å²) in [5, 5.41) is 0. The topological polar surface area (TPSA) is 43.1 Å². The maximum Gasteiger partial charge on any atom is 0.129 e. The Kier molecular flexibility index (Phi) is 4.45. The second kappa shape index (κ2) is 4.71. The first kappa shape index (κ1) is 7.56. The minimum Gasteiger partial charge on any atom is -0.402 e. The van der Waals surface area contributed by atoms with Crippen molar-refractivity contribution in [1.82, 2.24) is 0 Å². The van der Waals surface area contributed by atoms with Crippen molar-refractivity contribution in [3.63, 3.8) is 0 Å². The van der Waals surface area contributed by atoms with Crippen LogP contribution in [0.2, 0.25) is 0 Å². The summed E-state index contributed by atoms with van der Waals surface area (Å²) in [6.07, 6.45) is 0.855. The predicted molar refractivity (Wildman–Crippen MR) is 36.7 cm³/mol. The Bertz CT molecular complexity index is 92.4. The normalized spacial score (nSPS) is 8.50. The summed E-state index contributed by atoms with van der Waals surface area (Å²) in [7, 11) is 0. The lowest BCUT2D eigenvalue weighted by Crippen LogP contribution is -1.97. The van der Waals surface area contributed by atoms with Crippen molar-refractivity contribution >= 4 is 18.0 Å². The number of hydrogen-bond donors (Lipinski definition) is 1. The van der Waals surface area contributed by atoms with Crippen LogP contribution < -0.4 is 5.73 Å². The van der Waals surface area contributed by atoms with Crippen LogP contribution >= 0.6 is 11.8 Å². The molecular formula is C5H9NOS. The summed E-state index contributed by atoms with van der Waals surface area (Å²) in [5.41, 5.74) is 5.82. The second-order valence-corrected chi connectivity index (χ2v) is 2.37. The molecule has 0 rings (SSSR count). The maximum absolute atomic E-state index is 9.70. The SMILES string of the molecule is C=C(N)CSCC=O. The van der Waals surface area contributed by atoms with Gasteiger partial charge in [0.25, 0.3) is 0 Å². The van der Waals surface area contributed by atoms with Crippen LogP contribution in [0.25, 0.3) is 0 Å². The average Bonchev–Trinajstić information content (AvgIpc) is 1.66. The van der Waals surface area contributed by atoms with Gasteiger partial charge in [0.05, 0.1) is 0 Å². The van der Waals surface area contributed by atoms with Gasteiger partial charge in [-0.2, -0.15) is 0 Å². The van der Waals surface area contributed by atoms with E-state index < -0.39 is 0 Å². The molecule has 8 heavy (non-hydrogen) atoms. The lowest BCUT2D eigenvalue weighted by Gasteiger charge is -1.92. The molecule has 0 bridgehead atoms. The van der Waals surface area contributed by atoms with E-state index in [2.05, 4.69) is 6.58 Å². The van der Waals surface area contributed by atoms with Gasteiger partial charge in [-0.15, -0.1) is 11.8 Å². The highest BCUT2D eigenvalue weighted by atomic mass is 32.2. The Morgan fingerprint density at radius 3 is 2.88 bits per heavy atom. The lowest BCUT2D eigenvalue weighted by molar-refractivity contribution is -0.105. The van der Waals surface area contributed by atoms with Gasteiger partial charge in [0.2, 0.25) is 0 Å². The molecular weight excluding hydrogens is 122 g/mol. The Labute approximate surface area is 53.1 Å². The largest absolute Gasteiger partial charge is 0.402 e. The van der Waals surface area contributed by atoms with Crippen molar-refractivity contribution in [2.75, 3.05) is 11.5 Å². The molecule has 46 valence electrons. The fraction of sp³-hybridized carbons (Fsp3) is 0.400. The highest BCUT2D eigenvalue weighted by Crippen LogP contribution is 1.98. The molecule has 0 atom stereocenters. The number of carbonyl (C=O) groups is 1. The summed E-state index contributed by atoms with van der Waals surface area (Å²) in [6.45, 7) is 3.47. The van der Waals surface area contributed by atoms with Gasteiger partial charge in [0.15, 0.2) is 0 Å². The predicted octanol–water partition coefficient (Wildman–Crippen LogP) is 0.391. The molecule has 0 heterocycles. The standard InChI is InChI=1S/C5H9NOS/c1-5(6)4-8-3-2-7/h2H,1,3-4,6H2. The van der Waals surface area contributed by atoms with E-state index in [1.807, 2.05) is 0 Å². The van der Waals surface area contributed by atoms with Crippen LogP contribution in [0.3, 0.4) is 0 Å². The summed E-state index contributed by atoms with van der Waals surface area (Å²) in [4.78, 5) is 9.70. The van der Waals surface area contributed by atoms with Gasteiger partial charge in [0.1, 0.15) is 6.29 Å². The monoisotopic (exact) mass is 131 g/mol. The molecule has 0 aliphatic rings. The number of hydrogen-bond acceptors (Lipinski definition) is 3. The first-order valence-corrected chi connectivity index (χ1v) is 3.37. The quantitative estimate of drug-likeness (QED) is 0.443. The van der Waals surface area contributed by atoms with Crippen LogP contribution in [0, 0.1) is 0 Å². The Balaban J connectivity index is 2.93. The highest BCUT2D eigenvalue weighted by Gasteiger charge is 1.84. The van der Waals surface area contributed by atoms with E-state index >= 15 is 0 Å². The third kappa shape index (κ3) is 5.56. The van der Waals surface area contributed by atoms with Crippen molar-refractivity contribution in [3.05, 3.63) is 12.3 Å². The first-order valence-electron chi connectivity index (χ1n) is 2.22. The van der Waals surface area contributed by atoms with E-state index in [4.69, 9.17) is 5.73 Å². The molecule has 0 aliphatic carbocycles. The number of carbonyl (C=O) groups excluding carboxylic acids is 1. The molecule has 2 nitrogen and oxygen atoms in total. The summed E-state index contributed by atoms with van der Waals surface area (Å²) in [5.74, 6) is 1.19. The molecule has 0 saturated carbocycles. The van der Waals surface area contributed by atoms with Crippen molar-refractivity contribution in [3.8, 4) is 0 Å². The lowest BCUT2D eigenvalue weighted by atomic mass is 10.6. The number of thioether (sulfide) groups is 1. The zero-order valence-electron chi connectivity index (χ0n) is 4.59. The van der Waals surface area contributed by atoms with E-state index in [0.29, 0.717) is 17.2 Å². The molecule has 0 fully saturated rings. The van der Waals surface area contributed by atoms with Gasteiger partial charge >= 0.3 is 0 Å². The van der Waals surface area contributed by atoms with Gasteiger partial charge in [-0.1, -0.05) is 6.58 Å². The third-order valence-electron chi connectivity index (χ3n) is 0.473. The van der Waals surface area contributed by atoms with Crippen LogP contribution in [0.4, 0.5) is 0 Å². The molecule has 2 N–H and O–H groups in total. The third-order valence-corrected chi connectivity index (χ3v) is 1.42. The zero-order valence-corrected chi connectivity index (χ0v) is 5.41. The molecule has 0 saturated heterocycles.